The monoisotopic (exact) mass is 358 g/mol. The van der Waals surface area contributed by atoms with Crippen molar-refractivity contribution in [1.82, 2.24) is 9.88 Å². The van der Waals surface area contributed by atoms with Crippen LogP contribution in [0.1, 0.15) is 28.9 Å². The van der Waals surface area contributed by atoms with E-state index in [0.717, 1.165) is 37.3 Å². The van der Waals surface area contributed by atoms with Gasteiger partial charge in [0.2, 0.25) is 5.88 Å². The number of carbonyl (C=O) groups excluding carboxylic acids is 1. The Hall–Kier alpha value is -1.92. The van der Waals surface area contributed by atoms with Crippen molar-refractivity contribution in [3.63, 3.8) is 0 Å². The minimum atomic E-state index is -0.152. The standard InChI is InChI=1S/C19H22N2O3S/c22-18(15-5-3-12-25-15)21-10-7-16-19(13-21,8-4-11-23-16)14-24-17-6-1-2-9-20-17/h1-3,5-6,9,12,16H,4,7-8,10-11,13-14H2. The molecule has 2 aliphatic heterocycles. The third-order valence-corrected chi connectivity index (χ3v) is 6.01. The van der Waals surface area contributed by atoms with Gasteiger partial charge in [0, 0.05) is 37.4 Å². The predicted octanol–water partition coefficient (Wildman–Crippen LogP) is 3.23. The summed E-state index contributed by atoms with van der Waals surface area (Å²) in [5.74, 6) is 0.749. The summed E-state index contributed by atoms with van der Waals surface area (Å²) >= 11 is 1.50. The van der Waals surface area contributed by atoms with Crippen LogP contribution < -0.4 is 4.74 Å². The molecule has 2 saturated heterocycles. The van der Waals surface area contributed by atoms with Gasteiger partial charge in [-0.1, -0.05) is 12.1 Å². The van der Waals surface area contributed by atoms with Crippen LogP contribution in [-0.4, -0.2) is 48.2 Å². The first-order chi connectivity index (χ1) is 12.3. The quantitative estimate of drug-likeness (QED) is 0.842. The molecule has 2 aromatic heterocycles. The second-order valence-corrected chi connectivity index (χ2v) is 7.72. The van der Waals surface area contributed by atoms with Crippen molar-refractivity contribution in [3.8, 4) is 5.88 Å². The number of ether oxygens (including phenoxy) is 2. The second-order valence-electron chi connectivity index (χ2n) is 6.77. The van der Waals surface area contributed by atoms with Crippen LogP contribution in [0.5, 0.6) is 5.88 Å². The molecule has 4 heterocycles. The fraction of sp³-hybridized carbons (Fsp3) is 0.474. The number of nitrogens with zero attached hydrogens (tertiary/aromatic N) is 2. The Bertz CT molecular complexity index is 707. The van der Waals surface area contributed by atoms with Crippen LogP contribution in [0, 0.1) is 5.41 Å². The molecule has 2 unspecified atom stereocenters. The zero-order valence-corrected chi connectivity index (χ0v) is 14.9. The highest BCUT2D eigenvalue weighted by molar-refractivity contribution is 7.12. The maximum Gasteiger partial charge on any atom is 0.263 e. The molecule has 0 N–H and O–H groups in total. The number of amides is 1. The Labute approximate surface area is 151 Å². The molecule has 1 amide bonds. The van der Waals surface area contributed by atoms with E-state index in [9.17, 15) is 4.79 Å². The Morgan fingerprint density at radius 2 is 2.36 bits per heavy atom. The van der Waals surface area contributed by atoms with E-state index in [4.69, 9.17) is 9.47 Å². The number of likely N-dealkylation sites (tertiary alicyclic amines) is 1. The highest BCUT2D eigenvalue weighted by Crippen LogP contribution is 2.41. The van der Waals surface area contributed by atoms with Crippen LogP contribution in [0.15, 0.2) is 41.9 Å². The molecular formula is C19H22N2O3S. The molecule has 0 saturated carbocycles. The van der Waals surface area contributed by atoms with Crippen molar-refractivity contribution >= 4 is 17.2 Å². The number of hydrogen-bond donors (Lipinski definition) is 0. The topological polar surface area (TPSA) is 51.7 Å². The zero-order chi connectivity index (χ0) is 17.1. The van der Waals surface area contributed by atoms with Crippen molar-refractivity contribution in [2.45, 2.75) is 25.4 Å². The number of piperidine rings is 1. The molecule has 2 fully saturated rings. The van der Waals surface area contributed by atoms with Gasteiger partial charge in [-0.2, -0.15) is 0 Å². The molecule has 25 heavy (non-hydrogen) atoms. The predicted molar refractivity (Wildman–Crippen MR) is 96.0 cm³/mol. The summed E-state index contributed by atoms with van der Waals surface area (Å²) < 4.78 is 12.1. The summed E-state index contributed by atoms with van der Waals surface area (Å²) in [6.07, 6.45) is 4.76. The van der Waals surface area contributed by atoms with E-state index in [-0.39, 0.29) is 17.4 Å². The number of fused-ring (bicyclic) bond motifs is 1. The molecule has 2 atom stereocenters. The molecule has 6 heteroatoms. The SMILES string of the molecule is O=C(c1cccs1)N1CCC2OCCCC2(COc2ccccn2)C1. The van der Waals surface area contributed by atoms with E-state index in [2.05, 4.69) is 4.98 Å². The third kappa shape index (κ3) is 3.41. The highest BCUT2D eigenvalue weighted by atomic mass is 32.1. The van der Waals surface area contributed by atoms with Crippen LogP contribution in [0.3, 0.4) is 0 Å². The fourth-order valence-corrected chi connectivity index (χ4v) is 4.57. The average Bonchev–Trinajstić information content (AvgIpc) is 3.21. The lowest BCUT2D eigenvalue weighted by atomic mass is 9.73. The lowest BCUT2D eigenvalue weighted by Crippen LogP contribution is -2.58. The maximum absolute atomic E-state index is 12.8. The normalized spacial score (nSPS) is 26.1. The van der Waals surface area contributed by atoms with Crippen molar-refractivity contribution in [2.75, 3.05) is 26.3 Å². The van der Waals surface area contributed by atoms with Gasteiger partial charge in [-0.3, -0.25) is 4.79 Å². The molecule has 0 aromatic carbocycles. The van der Waals surface area contributed by atoms with E-state index in [1.165, 1.54) is 11.3 Å². The van der Waals surface area contributed by atoms with Crippen LogP contribution in [-0.2, 0) is 4.74 Å². The number of rotatable bonds is 4. The number of hydrogen-bond acceptors (Lipinski definition) is 5. The molecule has 2 aliphatic rings. The lowest BCUT2D eigenvalue weighted by Gasteiger charge is -2.50. The fourth-order valence-electron chi connectivity index (χ4n) is 3.88. The van der Waals surface area contributed by atoms with E-state index in [1.54, 1.807) is 6.20 Å². The molecule has 4 rings (SSSR count). The Morgan fingerprint density at radius 3 is 3.16 bits per heavy atom. The Kier molecular flexibility index (Phi) is 4.72. The van der Waals surface area contributed by atoms with Gasteiger partial charge >= 0.3 is 0 Å². The number of aromatic nitrogens is 1. The van der Waals surface area contributed by atoms with E-state index >= 15 is 0 Å². The molecule has 5 nitrogen and oxygen atoms in total. The Morgan fingerprint density at radius 1 is 1.40 bits per heavy atom. The minimum absolute atomic E-state index is 0.122. The molecule has 0 spiro atoms. The third-order valence-electron chi connectivity index (χ3n) is 5.15. The van der Waals surface area contributed by atoms with Gasteiger partial charge in [0.15, 0.2) is 0 Å². The van der Waals surface area contributed by atoms with Gasteiger partial charge in [0.25, 0.3) is 5.91 Å². The van der Waals surface area contributed by atoms with Gasteiger partial charge in [-0.25, -0.2) is 4.98 Å². The average molecular weight is 358 g/mol. The molecule has 2 aromatic rings. The van der Waals surface area contributed by atoms with Crippen LogP contribution >= 0.6 is 11.3 Å². The number of pyridine rings is 1. The second kappa shape index (κ2) is 7.14. The van der Waals surface area contributed by atoms with Crippen LogP contribution in [0.25, 0.3) is 0 Å². The minimum Gasteiger partial charge on any atom is -0.477 e. The lowest BCUT2D eigenvalue weighted by molar-refractivity contribution is -0.133. The summed E-state index contributed by atoms with van der Waals surface area (Å²) in [6, 6.07) is 9.48. The summed E-state index contributed by atoms with van der Waals surface area (Å²) in [7, 11) is 0. The van der Waals surface area contributed by atoms with Gasteiger partial charge in [0.1, 0.15) is 0 Å². The van der Waals surface area contributed by atoms with Gasteiger partial charge < -0.3 is 14.4 Å². The van der Waals surface area contributed by atoms with Crippen molar-refractivity contribution in [2.24, 2.45) is 5.41 Å². The molecule has 0 bridgehead atoms. The van der Waals surface area contributed by atoms with Crippen molar-refractivity contribution < 1.29 is 14.3 Å². The molecule has 0 aliphatic carbocycles. The summed E-state index contributed by atoms with van der Waals surface area (Å²) in [5, 5.41) is 1.95. The van der Waals surface area contributed by atoms with Crippen molar-refractivity contribution in [1.29, 1.82) is 0 Å². The van der Waals surface area contributed by atoms with Crippen molar-refractivity contribution in [3.05, 3.63) is 46.8 Å². The number of thiophene rings is 1. The van der Waals surface area contributed by atoms with E-state index < -0.39 is 0 Å². The first-order valence-electron chi connectivity index (χ1n) is 8.75. The van der Waals surface area contributed by atoms with Gasteiger partial charge in [0.05, 0.1) is 17.6 Å². The summed E-state index contributed by atoms with van der Waals surface area (Å²) in [5.41, 5.74) is -0.152. The summed E-state index contributed by atoms with van der Waals surface area (Å²) in [4.78, 5) is 19.8. The highest BCUT2D eigenvalue weighted by Gasteiger charge is 2.48. The smallest absolute Gasteiger partial charge is 0.263 e. The largest absolute Gasteiger partial charge is 0.477 e. The molecular weight excluding hydrogens is 336 g/mol. The van der Waals surface area contributed by atoms with Crippen LogP contribution in [0.2, 0.25) is 0 Å². The Balaban J connectivity index is 1.51. The van der Waals surface area contributed by atoms with E-state index in [1.807, 2.05) is 40.6 Å². The van der Waals surface area contributed by atoms with Gasteiger partial charge in [-0.15, -0.1) is 11.3 Å². The number of carbonyl (C=O) groups is 1. The summed E-state index contributed by atoms with van der Waals surface area (Å²) in [6.45, 7) is 2.76. The molecule has 0 radical (unpaired) electrons. The molecule has 132 valence electrons. The van der Waals surface area contributed by atoms with E-state index in [0.29, 0.717) is 19.0 Å². The zero-order valence-electron chi connectivity index (χ0n) is 14.1. The first-order valence-corrected chi connectivity index (χ1v) is 9.63. The maximum atomic E-state index is 12.8. The van der Waals surface area contributed by atoms with Crippen LogP contribution in [0.4, 0.5) is 0 Å². The van der Waals surface area contributed by atoms with Gasteiger partial charge in [-0.05, 0) is 36.8 Å². The first kappa shape index (κ1) is 16.5.